The monoisotopic (exact) mass is 188 g/mol. The fourth-order valence-corrected chi connectivity index (χ4v) is 1.41. The molecule has 0 aliphatic carbocycles. The Hall–Kier alpha value is -1.59. The molecular weight excluding hydrogens is 184 g/mol. The van der Waals surface area contributed by atoms with Crippen molar-refractivity contribution < 1.29 is 0 Å². The lowest BCUT2D eigenvalue weighted by Gasteiger charge is -1.98. The molecule has 0 bridgehead atoms. The number of aromatic nitrogens is 1. The number of pyridine rings is 1. The van der Waals surface area contributed by atoms with Gasteiger partial charge in [-0.25, -0.2) is 0 Å². The zero-order valence-electron chi connectivity index (χ0n) is 6.66. The maximum atomic E-state index is 8.72. The van der Waals surface area contributed by atoms with E-state index in [4.69, 9.17) is 16.9 Å². The molecule has 1 aromatic carbocycles. The molecule has 0 amide bonds. The molecule has 62 valence electrons. The van der Waals surface area contributed by atoms with Crippen molar-refractivity contribution in [3.63, 3.8) is 0 Å². The number of nitriles is 1. The second-order valence-corrected chi connectivity index (χ2v) is 3.07. The quantitative estimate of drug-likeness (QED) is 0.638. The molecule has 2 aromatic rings. The van der Waals surface area contributed by atoms with E-state index in [0.29, 0.717) is 10.6 Å². The van der Waals surface area contributed by atoms with Crippen LogP contribution in [0.1, 0.15) is 5.56 Å². The second-order valence-electron chi connectivity index (χ2n) is 2.67. The second kappa shape index (κ2) is 3.04. The molecule has 0 radical (unpaired) electrons. The summed E-state index contributed by atoms with van der Waals surface area (Å²) in [6.45, 7) is 0. The van der Waals surface area contributed by atoms with Crippen molar-refractivity contribution in [3.8, 4) is 6.07 Å². The lowest BCUT2D eigenvalue weighted by atomic mass is 10.1. The number of benzene rings is 1. The molecule has 0 saturated carbocycles. The van der Waals surface area contributed by atoms with Crippen molar-refractivity contribution in [2.45, 2.75) is 0 Å². The van der Waals surface area contributed by atoms with Crippen molar-refractivity contribution in [1.29, 1.82) is 5.26 Å². The number of fused-ring (bicyclic) bond motifs is 1. The van der Waals surface area contributed by atoms with Crippen molar-refractivity contribution in [3.05, 3.63) is 41.2 Å². The molecule has 0 N–H and O–H groups in total. The number of nitrogens with zero attached hydrogens (tertiary/aromatic N) is 2. The zero-order chi connectivity index (χ0) is 9.26. The summed E-state index contributed by atoms with van der Waals surface area (Å²) in [4.78, 5) is 3.97. The molecule has 3 heteroatoms. The van der Waals surface area contributed by atoms with Crippen LogP contribution in [0, 0.1) is 11.3 Å². The molecule has 13 heavy (non-hydrogen) atoms. The van der Waals surface area contributed by atoms with Crippen LogP contribution in [0.15, 0.2) is 30.6 Å². The van der Waals surface area contributed by atoms with E-state index in [1.54, 1.807) is 24.5 Å². The van der Waals surface area contributed by atoms with Gasteiger partial charge < -0.3 is 0 Å². The number of hydrogen-bond donors (Lipinski definition) is 0. The summed E-state index contributed by atoms with van der Waals surface area (Å²) in [6.07, 6.45) is 3.41. The van der Waals surface area contributed by atoms with Crippen LogP contribution in [0.25, 0.3) is 10.8 Å². The van der Waals surface area contributed by atoms with E-state index in [0.717, 1.165) is 10.8 Å². The first kappa shape index (κ1) is 8.03. The first-order valence-corrected chi connectivity index (χ1v) is 4.12. The molecule has 0 unspecified atom stereocenters. The number of halogens is 1. The third kappa shape index (κ3) is 1.34. The molecule has 0 spiro atoms. The molecule has 2 nitrogen and oxygen atoms in total. The SMILES string of the molecule is N#Cc1cc2cnccc2cc1Cl. The van der Waals surface area contributed by atoms with Gasteiger partial charge in [0.25, 0.3) is 0 Å². The van der Waals surface area contributed by atoms with Crippen LogP contribution in [0.4, 0.5) is 0 Å². The number of rotatable bonds is 0. The van der Waals surface area contributed by atoms with E-state index in [9.17, 15) is 0 Å². The third-order valence-electron chi connectivity index (χ3n) is 1.85. The summed E-state index contributed by atoms with van der Waals surface area (Å²) in [5.41, 5.74) is 0.488. The molecule has 0 saturated heterocycles. The van der Waals surface area contributed by atoms with Crippen molar-refractivity contribution >= 4 is 22.4 Å². The van der Waals surface area contributed by atoms with Crippen molar-refractivity contribution in [2.75, 3.05) is 0 Å². The highest BCUT2D eigenvalue weighted by Gasteiger charge is 2.01. The van der Waals surface area contributed by atoms with E-state index in [-0.39, 0.29) is 0 Å². The van der Waals surface area contributed by atoms with Gasteiger partial charge in [0.1, 0.15) is 6.07 Å². The summed E-state index contributed by atoms with van der Waals surface area (Å²) < 4.78 is 0. The van der Waals surface area contributed by atoms with Crippen LogP contribution in [0.5, 0.6) is 0 Å². The highest BCUT2D eigenvalue weighted by molar-refractivity contribution is 6.32. The Morgan fingerprint density at radius 1 is 1.31 bits per heavy atom. The van der Waals surface area contributed by atoms with E-state index < -0.39 is 0 Å². The van der Waals surface area contributed by atoms with Gasteiger partial charge in [0.2, 0.25) is 0 Å². The lowest BCUT2D eigenvalue weighted by Crippen LogP contribution is -1.80. The first-order valence-electron chi connectivity index (χ1n) is 3.74. The molecule has 0 aliphatic rings. The fraction of sp³-hybridized carbons (Fsp3) is 0. The van der Waals surface area contributed by atoms with Crippen LogP contribution >= 0.6 is 11.6 Å². The van der Waals surface area contributed by atoms with Crippen molar-refractivity contribution in [2.24, 2.45) is 0 Å². The molecule has 2 rings (SSSR count). The lowest BCUT2D eigenvalue weighted by molar-refractivity contribution is 1.36. The minimum atomic E-state index is 0.487. The smallest absolute Gasteiger partial charge is 0.101 e. The Morgan fingerprint density at radius 2 is 2.15 bits per heavy atom. The van der Waals surface area contributed by atoms with Gasteiger partial charge in [0.05, 0.1) is 10.6 Å². The Morgan fingerprint density at radius 3 is 2.92 bits per heavy atom. The predicted octanol–water partition coefficient (Wildman–Crippen LogP) is 2.76. The summed E-state index contributed by atoms with van der Waals surface area (Å²) in [5.74, 6) is 0. The maximum Gasteiger partial charge on any atom is 0.101 e. The molecule has 1 aromatic heterocycles. The highest BCUT2D eigenvalue weighted by Crippen LogP contribution is 2.22. The van der Waals surface area contributed by atoms with Gasteiger partial charge in [-0.05, 0) is 23.6 Å². The van der Waals surface area contributed by atoms with Gasteiger partial charge in [0, 0.05) is 17.8 Å². The van der Waals surface area contributed by atoms with Crippen LogP contribution in [0.3, 0.4) is 0 Å². The Bertz CT molecular complexity index is 500. The highest BCUT2D eigenvalue weighted by atomic mass is 35.5. The standard InChI is InChI=1S/C10H5ClN2/c11-10-4-7-1-2-13-6-9(7)3-8(10)5-12/h1-4,6H. The van der Waals surface area contributed by atoms with E-state index >= 15 is 0 Å². The average Bonchev–Trinajstić information content (AvgIpc) is 2.17. The first-order chi connectivity index (χ1) is 6.31. The Labute approximate surface area is 80.4 Å². The maximum absolute atomic E-state index is 8.72. The van der Waals surface area contributed by atoms with Crippen LogP contribution in [-0.2, 0) is 0 Å². The molecule has 1 heterocycles. The molecule has 0 aliphatic heterocycles. The van der Waals surface area contributed by atoms with E-state index in [1.807, 2.05) is 12.1 Å². The van der Waals surface area contributed by atoms with Gasteiger partial charge in [-0.15, -0.1) is 0 Å². The zero-order valence-corrected chi connectivity index (χ0v) is 7.42. The minimum absolute atomic E-state index is 0.487. The third-order valence-corrected chi connectivity index (χ3v) is 2.16. The summed E-state index contributed by atoms with van der Waals surface area (Å²) in [7, 11) is 0. The molecule has 0 atom stereocenters. The molecule has 0 fully saturated rings. The molecular formula is C10H5ClN2. The normalized spacial score (nSPS) is 9.85. The summed E-state index contributed by atoms with van der Waals surface area (Å²) >= 11 is 5.86. The van der Waals surface area contributed by atoms with Gasteiger partial charge >= 0.3 is 0 Å². The van der Waals surface area contributed by atoms with E-state index in [2.05, 4.69) is 4.98 Å². The Balaban J connectivity index is 2.83. The topological polar surface area (TPSA) is 36.7 Å². The van der Waals surface area contributed by atoms with Crippen LogP contribution in [-0.4, -0.2) is 4.98 Å². The largest absolute Gasteiger partial charge is 0.264 e. The van der Waals surface area contributed by atoms with Gasteiger partial charge in [-0.3, -0.25) is 4.98 Å². The number of hydrogen-bond acceptors (Lipinski definition) is 2. The summed E-state index contributed by atoms with van der Waals surface area (Å²) in [5, 5.41) is 11.1. The average molecular weight is 189 g/mol. The van der Waals surface area contributed by atoms with Crippen LogP contribution < -0.4 is 0 Å². The minimum Gasteiger partial charge on any atom is -0.264 e. The van der Waals surface area contributed by atoms with Gasteiger partial charge in [0.15, 0.2) is 0 Å². The van der Waals surface area contributed by atoms with Crippen LogP contribution in [0.2, 0.25) is 5.02 Å². The fourth-order valence-electron chi connectivity index (χ4n) is 1.19. The van der Waals surface area contributed by atoms with Gasteiger partial charge in [-0.1, -0.05) is 11.6 Å². The Kier molecular flexibility index (Phi) is 1.88. The van der Waals surface area contributed by atoms with Crippen molar-refractivity contribution in [1.82, 2.24) is 4.98 Å². The predicted molar refractivity (Wildman–Crippen MR) is 51.5 cm³/mol. The van der Waals surface area contributed by atoms with Gasteiger partial charge in [-0.2, -0.15) is 5.26 Å². The summed E-state index contributed by atoms with van der Waals surface area (Å²) in [6, 6.07) is 7.41. The van der Waals surface area contributed by atoms with E-state index in [1.165, 1.54) is 0 Å².